The summed E-state index contributed by atoms with van der Waals surface area (Å²) in [5, 5.41) is 9.70. The maximum absolute atomic E-state index is 9.70. The second kappa shape index (κ2) is 8.76. The van der Waals surface area contributed by atoms with Gasteiger partial charge in [-0.25, -0.2) is 4.98 Å². The molecule has 0 atom stereocenters. The lowest BCUT2D eigenvalue weighted by Gasteiger charge is -2.11. The molecule has 0 saturated carbocycles. The van der Waals surface area contributed by atoms with E-state index in [4.69, 9.17) is 9.47 Å². The van der Waals surface area contributed by atoms with Gasteiger partial charge in [-0.05, 0) is 60.9 Å². The molecule has 1 N–H and O–H groups in total. The summed E-state index contributed by atoms with van der Waals surface area (Å²) in [5.41, 5.74) is 6.45. The number of fused-ring (bicyclic) bond motifs is 1. The number of imidazole rings is 1. The van der Waals surface area contributed by atoms with Gasteiger partial charge in [-0.1, -0.05) is 42.0 Å². The summed E-state index contributed by atoms with van der Waals surface area (Å²) in [5.74, 6) is 1.80. The lowest BCUT2D eigenvalue weighted by Crippen LogP contribution is -1.98. The zero-order valence-electron chi connectivity index (χ0n) is 17.8. The van der Waals surface area contributed by atoms with Gasteiger partial charge < -0.3 is 14.5 Å². The number of nitriles is 1. The van der Waals surface area contributed by atoms with E-state index in [1.165, 1.54) is 5.56 Å². The third-order valence-electron chi connectivity index (χ3n) is 5.03. The van der Waals surface area contributed by atoms with Crippen LogP contribution in [0.1, 0.15) is 28.1 Å². The van der Waals surface area contributed by atoms with Crippen molar-refractivity contribution < 1.29 is 9.47 Å². The molecule has 0 aliphatic rings. The molecule has 4 rings (SSSR count). The van der Waals surface area contributed by atoms with Crippen molar-refractivity contribution >= 4 is 22.7 Å². The molecule has 31 heavy (non-hydrogen) atoms. The van der Waals surface area contributed by atoms with Gasteiger partial charge >= 0.3 is 0 Å². The van der Waals surface area contributed by atoms with Crippen LogP contribution < -0.4 is 9.47 Å². The molecule has 5 nitrogen and oxygen atoms in total. The van der Waals surface area contributed by atoms with Crippen molar-refractivity contribution in [1.29, 1.82) is 5.26 Å². The maximum atomic E-state index is 9.70. The first-order valence-corrected chi connectivity index (χ1v) is 10.0. The predicted octanol–water partition coefficient (Wildman–Crippen LogP) is 5.83. The average Bonchev–Trinajstić information content (AvgIpc) is 3.20. The first-order valence-electron chi connectivity index (χ1n) is 10.0. The number of hydrogen-bond donors (Lipinski definition) is 1. The number of benzene rings is 3. The van der Waals surface area contributed by atoms with E-state index in [1.54, 1.807) is 13.2 Å². The molecule has 1 aromatic heterocycles. The first kappa shape index (κ1) is 20.2. The molecule has 0 radical (unpaired) electrons. The molecule has 0 aliphatic carbocycles. The molecule has 154 valence electrons. The Kier molecular flexibility index (Phi) is 5.72. The monoisotopic (exact) mass is 409 g/mol. The Morgan fingerprint density at radius 3 is 2.52 bits per heavy atom. The van der Waals surface area contributed by atoms with Gasteiger partial charge in [0.25, 0.3) is 0 Å². The summed E-state index contributed by atoms with van der Waals surface area (Å²) < 4.78 is 11.5. The van der Waals surface area contributed by atoms with E-state index in [-0.39, 0.29) is 0 Å². The topological polar surface area (TPSA) is 70.9 Å². The SMILES string of the molecule is COc1cc(/C=C(\C#N)c2nc3ccc(C)cc3[nH]2)ccc1OCc1ccc(C)cc1. The maximum Gasteiger partial charge on any atom is 0.161 e. The highest BCUT2D eigenvalue weighted by molar-refractivity contribution is 5.90. The van der Waals surface area contributed by atoms with Crippen molar-refractivity contribution in [3.63, 3.8) is 0 Å². The fourth-order valence-corrected chi connectivity index (χ4v) is 3.31. The van der Waals surface area contributed by atoms with Crippen LogP contribution in [-0.2, 0) is 6.61 Å². The van der Waals surface area contributed by atoms with Crippen LogP contribution in [0.25, 0.3) is 22.7 Å². The molecule has 1 heterocycles. The number of nitrogens with one attached hydrogen (secondary N) is 1. The number of rotatable bonds is 6. The minimum atomic E-state index is 0.448. The number of methoxy groups -OCH3 is 1. The second-order valence-electron chi connectivity index (χ2n) is 7.46. The summed E-state index contributed by atoms with van der Waals surface area (Å²) in [6, 6.07) is 22.0. The Morgan fingerprint density at radius 2 is 1.77 bits per heavy atom. The molecule has 0 unspecified atom stereocenters. The van der Waals surface area contributed by atoms with E-state index >= 15 is 0 Å². The van der Waals surface area contributed by atoms with Gasteiger partial charge in [-0.2, -0.15) is 5.26 Å². The summed E-state index contributed by atoms with van der Waals surface area (Å²) >= 11 is 0. The number of ether oxygens (including phenoxy) is 2. The van der Waals surface area contributed by atoms with Crippen LogP contribution in [-0.4, -0.2) is 17.1 Å². The van der Waals surface area contributed by atoms with Crippen molar-refractivity contribution in [2.75, 3.05) is 7.11 Å². The van der Waals surface area contributed by atoms with E-state index in [0.29, 0.717) is 29.5 Å². The molecule has 5 heteroatoms. The van der Waals surface area contributed by atoms with Crippen LogP contribution >= 0.6 is 0 Å². The van der Waals surface area contributed by atoms with Crippen LogP contribution in [0.15, 0.2) is 60.7 Å². The van der Waals surface area contributed by atoms with Gasteiger partial charge in [-0.3, -0.25) is 0 Å². The number of aromatic nitrogens is 2. The van der Waals surface area contributed by atoms with Crippen molar-refractivity contribution in [3.05, 3.63) is 88.7 Å². The van der Waals surface area contributed by atoms with Crippen molar-refractivity contribution in [3.8, 4) is 17.6 Å². The molecule has 4 aromatic rings. The quantitative estimate of drug-likeness (QED) is 0.407. The van der Waals surface area contributed by atoms with Gasteiger partial charge in [0.1, 0.15) is 18.5 Å². The van der Waals surface area contributed by atoms with Gasteiger partial charge in [0, 0.05) is 0 Å². The number of H-pyrrole nitrogens is 1. The van der Waals surface area contributed by atoms with Crippen LogP contribution in [0, 0.1) is 25.2 Å². The summed E-state index contributed by atoms with van der Waals surface area (Å²) in [6.07, 6.45) is 1.79. The van der Waals surface area contributed by atoms with E-state index in [1.807, 2.05) is 55.5 Å². The Labute approximate surface area is 181 Å². The standard InChI is InChI=1S/C26H23N3O2/c1-17-4-7-19(8-5-17)16-31-24-11-9-20(14-25(24)30-3)13-21(15-27)26-28-22-10-6-18(2)12-23(22)29-26/h4-14H,16H2,1-3H3,(H,28,29)/b21-13+. The smallest absolute Gasteiger partial charge is 0.161 e. The van der Waals surface area contributed by atoms with Crippen molar-refractivity contribution in [2.24, 2.45) is 0 Å². The number of aryl methyl sites for hydroxylation is 2. The molecule has 0 saturated heterocycles. The highest BCUT2D eigenvalue weighted by atomic mass is 16.5. The normalized spacial score (nSPS) is 11.4. The van der Waals surface area contributed by atoms with E-state index in [9.17, 15) is 5.26 Å². The van der Waals surface area contributed by atoms with Crippen LogP contribution in [0.2, 0.25) is 0 Å². The summed E-state index contributed by atoms with van der Waals surface area (Å²) in [7, 11) is 1.61. The Morgan fingerprint density at radius 1 is 1.00 bits per heavy atom. The molecule has 3 aromatic carbocycles. The molecule has 0 amide bonds. The summed E-state index contributed by atoms with van der Waals surface area (Å²) in [4.78, 5) is 7.78. The Hall–Kier alpha value is -4.04. The largest absolute Gasteiger partial charge is 0.493 e. The molecular weight excluding hydrogens is 386 g/mol. The number of nitrogens with zero attached hydrogens (tertiary/aromatic N) is 2. The van der Waals surface area contributed by atoms with Crippen LogP contribution in [0.5, 0.6) is 11.5 Å². The van der Waals surface area contributed by atoms with Gasteiger partial charge in [0.2, 0.25) is 0 Å². The fourth-order valence-electron chi connectivity index (χ4n) is 3.31. The number of aromatic amines is 1. The van der Waals surface area contributed by atoms with Gasteiger partial charge in [0.05, 0.1) is 23.7 Å². The zero-order valence-corrected chi connectivity index (χ0v) is 17.8. The highest BCUT2D eigenvalue weighted by Crippen LogP contribution is 2.30. The van der Waals surface area contributed by atoms with Crippen molar-refractivity contribution in [1.82, 2.24) is 9.97 Å². The van der Waals surface area contributed by atoms with E-state index < -0.39 is 0 Å². The predicted molar refractivity (Wildman–Crippen MR) is 123 cm³/mol. The van der Waals surface area contributed by atoms with E-state index in [2.05, 4.69) is 35.1 Å². The molecule has 0 spiro atoms. The average molecular weight is 409 g/mol. The van der Waals surface area contributed by atoms with Crippen LogP contribution in [0.4, 0.5) is 0 Å². The number of allylic oxidation sites excluding steroid dienone is 1. The lowest BCUT2D eigenvalue weighted by atomic mass is 10.1. The van der Waals surface area contributed by atoms with Crippen LogP contribution in [0.3, 0.4) is 0 Å². The molecule has 0 bridgehead atoms. The minimum absolute atomic E-state index is 0.448. The van der Waals surface area contributed by atoms with Crippen molar-refractivity contribution in [2.45, 2.75) is 20.5 Å². The number of hydrogen-bond acceptors (Lipinski definition) is 4. The Bertz CT molecular complexity index is 1290. The van der Waals surface area contributed by atoms with Gasteiger partial charge in [-0.15, -0.1) is 0 Å². The summed E-state index contributed by atoms with van der Waals surface area (Å²) in [6.45, 7) is 4.53. The third-order valence-corrected chi connectivity index (χ3v) is 5.03. The second-order valence-corrected chi connectivity index (χ2v) is 7.46. The molecular formula is C26H23N3O2. The van der Waals surface area contributed by atoms with E-state index in [0.717, 1.165) is 27.7 Å². The van der Waals surface area contributed by atoms with Gasteiger partial charge in [0.15, 0.2) is 11.5 Å². The molecule has 0 fully saturated rings. The lowest BCUT2D eigenvalue weighted by molar-refractivity contribution is 0.284. The first-order chi connectivity index (χ1) is 15.1. The fraction of sp³-hybridized carbons (Fsp3) is 0.154. The highest BCUT2D eigenvalue weighted by Gasteiger charge is 2.10. The minimum Gasteiger partial charge on any atom is -0.493 e. The Balaban J connectivity index is 1.58. The molecule has 0 aliphatic heterocycles. The zero-order chi connectivity index (χ0) is 21.8. The third kappa shape index (κ3) is 4.59.